The molecular weight excluding hydrogens is 570 g/mol. The SMILES string of the molecule is C[Se]CCC(N)C(=O)O.Nc1ncnc2c1ncn2[C@@H]1O[C@H](CO)[C@@H](O)[C@H]1O.[Cr].[SeH2]. The van der Waals surface area contributed by atoms with Crippen LogP contribution < -0.4 is 11.5 Å². The average molecular weight is 596 g/mol. The first-order chi connectivity index (χ1) is 13.3. The predicted molar refractivity (Wildman–Crippen MR) is 108 cm³/mol. The average Bonchev–Trinajstić information content (AvgIpc) is 3.23. The van der Waals surface area contributed by atoms with Crippen molar-refractivity contribution >= 4 is 55.0 Å². The summed E-state index contributed by atoms with van der Waals surface area (Å²) >= 11 is 0.549. The molecule has 0 radical (unpaired) electrons. The fourth-order valence-electron chi connectivity index (χ4n) is 2.53. The Labute approximate surface area is 200 Å². The van der Waals surface area contributed by atoms with Crippen molar-refractivity contribution in [3.05, 3.63) is 12.7 Å². The van der Waals surface area contributed by atoms with Crippen molar-refractivity contribution in [3.8, 4) is 0 Å². The normalized spacial score (nSPS) is 23.6. The van der Waals surface area contributed by atoms with Gasteiger partial charge in [0.15, 0.2) is 17.7 Å². The van der Waals surface area contributed by atoms with Gasteiger partial charge in [0.25, 0.3) is 0 Å². The number of ether oxygens (including phenoxy) is 1. The summed E-state index contributed by atoms with van der Waals surface area (Å²) in [5.74, 6) is 1.40. The van der Waals surface area contributed by atoms with Crippen molar-refractivity contribution in [3.63, 3.8) is 0 Å². The molecule has 0 aliphatic carbocycles. The van der Waals surface area contributed by atoms with Crippen molar-refractivity contribution in [1.82, 2.24) is 19.5 Å². The molecule has 0 spiro atoms. The van der Waals surface area contributed by atoms with Gasteiger partial charge in [-0.2, -0.15) is 0 Å². The van der Waals surface area contributed by atoms with E-state index in [9.17, 15) is 15.0 Å². The number of fused-ring (bicyclic) bond motifs is 1. The summed E-state index contributed by atoms with van der Waals surface area (Å²) in [6.45, 7) is -0.390. The molecule has 12 nitrogen and oxygen atoms in total. The van der Waals surface area contributed by atoms with Crippen molar-refractivity contribution in [2.75, 3.05) is 12.3 Å². The number of nitrogens with two attached hydrogens (primary N) is 2. The molecule has 1 aliphatic heterocycles. The van der Waals surface area contributed by atoms with E-state index in [-0.39, 0.29) is 40.2 Å². The van der Waals surface area contributed by atoms with Crippen LogP contribution >= 0.6 is 0 Å². The van der Waals surface area contributed by atoms with Crippen molar-refractivity contribution in [2.45, 2.75) is 48.1 Å². The van der Waals surface area contributed by atoms with E-state index in [0.29, 0.717) is 32.5 Å². The number of imidazole rings is 1. The van der Waals surface area contributed by atoms with Crippen LogP contribution in [0, 0.1) is 0 Å². The van der Waals surface area contributed by atoms with Crippen LogP contribution in [0.3, 0.4) is 0 Å². The Balaban J connectivity index is 0.000000664. The van der Waals surface area contributed by atoms with Crippen LogP contribution in [0.15, 0.2) is 12.7 Å². The summed E-state index contributed by atoms with van der Waals surface area (Å²) < 4.78 is 6.85. The number of anilines is 1. The molecule has 0 bridgehead atoms. The molecule has 0 aromatic carbocycles. The monoisotopic (exact) mass is 598 g/mol. The number of hydrogen-bond acceptors (Lipinski definition) is 10. The Morgan fingerprint density at radius 1 is 1.33 bits per heavy atom. The summed E-state index contributed by atoms with van der Waals surface area (Å²) in [5, 5.41) is 38.0. The van der Waals surface area contributed by atoms with Gasteiger partial charge in [0.1, 0.15) is 30.2 Å². The molecule has 15 heteroatoms. The number of carboxylic acid groups (broad SMARTS) is 1. The van der Waals surface area contributed by atoms with E-state index in [2.05, 4.69) is 20.8 Å². The van der Waals surface area contributed by atoms with E-state index < -0.39 is 43.2 Å². The number of rotatable bonds is 6. The molecule has 0 amide bonds. The fraction of sp³-hybridized carbons (Fsp3) is 0.600. The van der Waals surface area contributed by atoms with E-state index in [1.54, 1.807) is 0 Å². The number of nitrogen functional groups attached to an aromatic ring is 1. The van der Waals surface area contributed by atoms with E-state index in [0.717, 1.165) is 5.32 Å². The first-order valence-corrected chi connectivity index (χ1v) is 11.3. The standard InChI is InChI=1S/C10H13N5O4.C5H11NO2Se.Cr.H2Se/c11-8-5-9(13-2-12-8)15(3-14-5)10-7(18)6(17)4(1-16)19-10;1-9-3-2-4(6)5(7)8;;/h2-4,6-7,10,16-18H,1H2,(H2,11,12,13);4H,2-3,6H2,1H3,(H,7,8);;1H2/t4-,6-,7-,10-;;;/m1.../s1. The molecule has 0 saturated carbocycles. The van der Waals surface area contributed by atoms with Crippen LogP contribution in [0.1, 0.15) is 12.6 Å². The van der Waals surface area contributed by atoms with E-state index in [1.165, 1.54) is 17.2 Å². The summed E-state index contributed by atoms with van der Waals surface area (Å²) in [6.07, 6.45) is -0.806. The third-order valence-electron chi connectivity index (χ3n) is 4.13. The number of aliphatic carboxylic acids is 1. The molecular formula is C15H26CrN6O6Se2. The molecule has 2 aromatic heterocycles. The molecule has 3 heterocycles. The molecule has 1 saturated heterocycles. The molecule has 1 unspecified atom stereocenters. The molecule has 1 aliphatic rings. The van der Waals surface area contributed by atoms with Crippen LogP contribution in [-0.2, 0) is 26.9 Å². The molecule has 3 rings (SSSR count). The van der Waals surface area contributed by atoms with Gasteiger partial charge in [-0.15, -0.1) is 0 Å². The van der Waals surface area contributed by atoms with Gasteiger partial charge in [-0.05, 0) is 0 Å². The Kier molecular flexibility index (Phi) is 13.2. The van der Waals surface area contributed by atoms with Crippen LogP contribution in [0.25, 0.3) is 11.2 Å². The molecule has 2 aromatic rings. The van der Waals surface area contributed by atoms with Gasteiger partial charge in [0.2, 0.25) is 0 Å². The zero-order valence-electron chi connectivity index (χ0n) is 16.0. The molecule has 30 heavy (non-hydrogen) atoms. The molecule has 8 N–H and O–H groups in total. The van der Waals surface area contributed by atoms with Crippen molar-refractivity contribution < 1.29 is 47.3 Å². The zero-order chi connectivity index (χ0) is 20.8. The number of aliphatic hydroxyl groups is 3. The fourth-order valence-corrected chi connectivity index (χ4v) is 3.56. The molecule has 170 valence electrons. The number of aliphatic hydroxyl groups excluding tert-OH is 3. The summed E-state index contributed by atoms with van der Waals surface area (Å²) in [5.41, 5.74) is 11.7. The van der Waals surface area contributed by atoms with Gasteiger partial charge in [-0.3, -0.25) is 4.57 Å². The molecule has 5 atom stereocenters. The van der Waals surface area contributed by atoms with Crippen LogP contribution in [0.4, 0.5) is 5.82 Å². The Morgan fingerprint density at radius 2 is 2.00 bits per heavy atom. The second-order valence-corrected chi connectivity index (χ2v) is 8.11. The number of aromatic nitrogens is 4. The minimum atomic E-state index is -1.19. The first-order valence-electron chi connectivity index (χ1n) is 8.34. The van der Waals surface area contributed by atoms with Crippen molar-refractivity contribution in [2.24, 2.45) is 5.73 Å². The second-order valence-electron chi connectivity index (χ2n) is 6.04. The molecule has 1 fully saturated rings. The van der Waals surface area contributed by atoms with Crippen LogP contribution in [-0.4, -0.2) is 109 Å². The van der Waals surface area contributed by atoms with Gasteiger partial charge < -0.3 is 25.8 Å². The second kappa shape index (κ2) is 13.6. The topological polar surface area (TPSA) is 203 Å². The van der Waals surface area contributed by atoms with E-state index >= 15 is 0 Å². The summed E-state index contributed by atoms with van der Waals surface area (Å²) in [4.78, 5) is 22.0. The number of carbonyl (C=O) groups is 1. The number of carboxylic acids is 1. The third-order valence-corrected chi connectivity index (χ3v) is 5.48. The van der Waals surface area contributed by atoms with E-state index in [1.807, 2.05) is 0 Å². The van der Waals surface area contributed by atoms with Gasteiger partial charge in [0, 0.05) is 17.4 Å². The Hall–Kier alpha value is -0.809. The maximum atomic E-state index is 10.1. The van der Waals surface area contributed by atoms with Crippen LogP contribution in [0.5, 0.6) is 0 Å². The van der Waals surface area contributed by atoms with E-state index in [4.69, 9.17) is 26.4 Å². The summed E-state index contributed by atoms with van der Waals surface area (Å²) in [6, 6.07) is -0.646. The van der Waals surface area contributed by atoms with Gasteiger partial charge in [-0.25, -0.2) is 15.0 Å². The number of nitrogens with zero attached hydrogens (tertiary/aromatic N) is 4. The number of hydrogen-bond donors (Lipinski definition) is 6. The van der Waals surface area contributed by atoms with Gasteiger partial charge in [-0.1, -0.05) is 0 Å². The summed E-state index contributed by atoms with van der Waals surface area (Å²) in [7, 11) is 0. The zero-order valence-corrected chi connectivity index (χ0v) is 21.1. The quantitative estimate of drug-likeness (QED) is 0.186. The van der Waals surface area contributed by atoms with Gasteiger partial charge in [0.05, 0.1) is 12.9 Å². The van der Waals surface area contributed by atoms with Crippen molar-refractivity contribution in [1.29, 1.82) is 0 Å². The minimum absolute atomic E-state index is 0. The third kappa shape index (κ3) is 6.85. The Bertz CT molecular complexity index is 802. The Morgan fingerprint density at radius 3 is 2.53 bits per heavy atom. The van der Waals surface area contributed by atoms with Crippen LogP contribution in [0.2, 0.25) is 11.1 Å². The van der Waals surface area contributed by atoms with Gasteiger partial charge >= 0.3 is 77.2 Å². The first kappa shape index (κ1) is 29.2. The maximum absolute atomic E-state index is 10.1. The predicted octanol–water partition coefficient (Wildman–Crippen LogP) is -2.94.